The average molecular weight is 323 g/mol. The van der Waals surface area contributed by atoms with Crippen LogP contribution in [-0.4, -0.2) is 33.8 Å². The quantitative estimate of drug-likeness (QED) is 0.798. The fourth-order valence-corrected chi connectivity index (χ4v) is 2.04. The molecule has 0 aliphatic heterocycles. The third kappa shape index (κ3) is 5.37. The van der Waals surface area contributed by atoms with Gasteiger partial charge in [0.05, 0.1) is 6.54 Å². The summed E-state index contributed by atoms with van der Waals surface area (Å²) in [4.78, 5) is 30.4. The number of oxazole rings is 1. The number of aromatic nitrogens is 1. The van der Waals surface area contributed by atoms with Crippen molar-refractivity contribution in [3.63, 3.8) is 0 Å². The lowest BCUT2D eigenvalue weighted by Gasteiger charge is -2.29. The lowest BCUT2D eigenvalue weighted by molar-refractivity contribution is -0.137. The normalized spacial score (nSPS) is 13.7. The molecule has 6 heteroatoms. The first-order valence-corrected chi connectivity index (χ1v) is 8.35. The van der Waals surface area contributed by atoms with Gasteiger partial charge in [-0.3, -0.25) is 9.59 Å². The molecule has 1 aromatic rings. The van der Waals surface area contributed by atoms with Gasteiger partial charge in [0.15, 0.2) is 5.69 Å². The summed E-state index contributed by atoms with van der Waals surface area (Å²) in [6, 6.07) is 0.177. The molecule has 0 aliphatic carbocycles. The Labute approximate surface area is 138 Å². The Balaban J connectivity index is 2.82. The Kier molecular flexibility index (Phi) is 7.26. The van der Waals surface area contributed by atoms with Crippen LogP contribution in [0.25, 0.3) is 0 Å². The van der Waals surface area contributed by atoms with Crippen molar-refractivity contribution in [2.24, 2.45) is 5.92 Å². The maximum Gasteiger partial charge on any atom is 0.273 e. The molecule has 23 heavy (non-hydrogen) atoms. The summed E-state index contributed by atoms with van der Waals surface area (Å²) in [6.07, 6.45) is 3.04. The van der Waals surface area contributed by atoms with Gasteiger partial charge >= 0.3 is 0 Å². The van der Waals surface area contributed by atoms with Crippen LogP contribution < -0.4 is 5.32 Å². The van der Waals surface area contributed by atoms with Gasteiger partial charge in [-0.15, -0.1) is 0 Å². The summed E-state index contributed by atoms with van der Waals surface area (Å²) in [5, 5.41) is 2.85. The summed E-state index contributed by atoms with van der Waals surface area (Å²) in [7, 11) is 0. The maximum absolute atomic E-state index is 12.3. The van der Waals surface area contributed by atoms with Gasteiger partial charge in [0.1, 0.15) is 6.26 Å². The van der Waals surface area contributed by atoms with E-state index in [4.69, 9.17) is 4.42 Å². The molecule has 0 bridgehead atoms. The van der Waals surface area contributed by atoms with Crippen LogP contribution in [0.1, 0.15) is 70.8 Å². The predicted octanol–water partition coefficient (Wildman–Crippen LogP) is 2.99. The van der Waals surface area contributed by atoms with Gasteiger partial charge in [-0.05, 0) is 26.7 Å². The number of amides is 2. The minimum atomic E-state index is -0.250. The first-order chi connectivity index (χ1) is 10.8. The van der Waals surface area contributed by atoms with Crippen LogP contribution in [0.15, 0.2) is 10.7 Å². The topological polar surface area (TPSA) is 75.4 Å². The molecule has 1 aromatic heterocycles. The number of carbonyl (C=O) groups excluding carboxylic acids is 2. The van der Waals surface area contributed by atoms with E-state index >= 15 is 0 Å². The van der Waals surface area contributed by atoms with Crippen molar-refractivity contribution in [2.45, 2.75) is 73.0 Å². The maximum atomic E-state index is 12.3. The van der Waals surface area contributed by atoms with Crippen LogP contribution in [0, 0.1) is 5.92 Å². The summed E-state index contributed by atoms with van der Waals surface area (Å²) < 4.78 is 5.39. The minimum Gasteiger partial charge on any atom is -0.446 e. The van der Waals surface area contributed by atoms with Crippen molar-refractivity contribution in [3.05, 3.63) is 17.8 Å². The molecule has 2 amide bonds. The number of rotatable bonds is 8. The van der Waals surface area contributed by atoms with Crippen molar-refractivity contribution in [1.82, 2.24) is 15.2 Å². The first-order valence-electron chi connectivity index (χ1n) is 8.35. The van der Waals surface area contributed by atoms with Crippen molar-refractivity contribution in [3.8, 4) is 0 Å². The van der Waals surface area contributed by atoms with E-state index in [2.05, 4.69) is 10.3 Å². The average Bonchev–Trinajstić information content (AvgIpc) is 2.99. The summed E-state index contributed by atoms with van der Waals surface area (Å²) in [5.41, 5.74) is 0.251. The second-order valence-corrected chi connectivity index (χ2v) is 6.29. The van der Waals surface area contributed by atoms with Crippen molar-refractivity contribution in [2.75, 3.05) is 0 Å². The van der Waals surface area contributed by atoms with E-state index in [1.165, 1.54) is 6.26 Å². The fraction of sp³-hybridized carbons (Fsp3) is 0.706. The molecule has 6 nitrogen and oxygen atoms in total. The van der Waals surface area contributed by atoms with E-state index in [0.29, 0.717) is 5.89 Å². The zero-order chi connectivity index (χ0) is 17.6. The monoisotopic (exact) mass is 323 g/mol. The Morgan fingerprint density at radius 2 is 1.87 bits per heavy atom. The molecule has 0 radical (unpaired) electrons. The van der Waals surface area contributed by atoms with Crippen molar-refractivity contribution < 1.29 is 14.0 Å². The number of nitrogens with zero attached hydrogens (tertiary/aromatic N) is 2. The van der Waals surface area contributed by atoms with E-state index in [9.17, 15) is 9.59 Å². The van der Waals surface area contributed by atoms with Crippen LogP contribution in [0.3, 0.4) is 0 Å². The molecule has 0 spiro atoms. The van der Waals surface area contributed by atoms with Gasteiger partial charge < -0.3 is 14.6 Å². The highest BCUT2D eigenvalue weighted by molar-refractivity contribution is 5.92. The number of hydrogen-bond acceptors (Lipinski definition) is 4. The number of hydrogen-bond donors (Lipinski definition) is 1. The second-order valence-electron chi connectivity index (χ2n) is 6.29. The molecule has 0 aromatic carbocycles. The van der Waals surface area contributed by atoms with E-state index in [1.807, 2.05) is 41.5 Å². The standard InChI is InChI=1S/C17H29N3O3/c1-7-12(5)18-16(21)14-10-23-15(19-14)9-20(13(6)8-2)17(22)11(3)4/h10-13H,7-9H2,1-6H3,(H,18,21). The van der Waals surface area contributed by atoms with E-state index in [0.717, 1.165) is 12.8 Å². The highest BCUT2D eigenvalue weighted by Crippen LogP contribution is 2.14. The molecule has 1 N–H and O–H groups in total. The van der Waals surface area contributed by atoms with Gasteiger partial charge in [0, 0.05) is 18.0 Å². The van der Waals surface area contributed by atoms with Crippen LogP contribution in [0.2, 0.25) is 0 Å². The summed E-state index contributed by atoms with van der Waals surface area (Å²) >= 11 is 0. The second kappa shape index (κ2) is 8.70. The van der Waals surface area contributed by atoms with Crippen LogP contribution in [0.4, 0.5) is 0 Å². The third-order valence-electron chi connectivity index (χ3n) is 3.98. The Morgan fingerprint density at radius 3 is 2.39 bits per heavy atom. The van der Waals surface area contributed by atoms with Gasteiger partial charge in [-0.1, -0.05) is 27.7 Å². The lowest BCUT2D eigenvalue weighted by atomic mass is 10.1. The van der Waals surface area contributed by atoms with E-state index in [-0.39, 0.29) is 42.1 Å². The van der Waals surface area contributed by atoms with Gasteiger partial charge in [-0.2, -0.15) is 0 Å². The minimum absolute atomic E-state index is 0.0585. The van der Waals surface area contributed by atoms with Crippen molar-refractivity contribution in [1.29, 1.82) is 0 Å². The van der Waals surface area contributed by atoms with E-state index in [1.54, 1.807) is 4.90 Å². The number of carbonyl (C=O) groups is 2. The summed E-state index contributed by atoms with van der Waals surface area (Å²) in [5.74, 6) is 0.100. The highest BCUT2D eigenvalue weighted by Gasteiger charge is 2.24. The predicted molar refractivity (Wildman–Crippen MR) is 88.9 cm³/mol. The SMILES string of the molecule is CCC(C)NC(=O)c1coc(CN(C(=O)C(C)C)C(C)CC)n1. The molecule has 2 unspecified atom stereocenters. The molecule has 1 heterocycles. The molecule has 0 saturated carbocycles. The van der Waals surface area contributed by atoms with Gasteiger partial charge in [0.25, 0.3) is 5.91 Å². The smallest absolute Gasteiger partial charge is 0.273 e. The van der Waals surface area contributed by atoms with Crippen LogP contribution in [0.5, 0.6) is 0 Å². The Bertz CT molecular complexity index is 525. The molecule has 0 aliphatic rings. The fourth-order valence-electron chi connectivity index (χ4n) is 2.04. The molecular formula is C17H29N3O3. The van der Waals surface area contributed by atoms with Gasteiger partial charge in [0.2, 0.25) is 11.8 Å². The highest BCUT2D eigenvalue weighted by atomic mass is 16.3. The Hall–Kier alpha value is -1.85. The van der Waals surface area contributed by atoms with E-state index < -0.39 is 0 Å². The first kappa shape index (κ1) is 19.2. The van der Waals surface area contributed by atoms with Crippen molar-refractivity contribution >= 4 is 11.8 Å². The zero-order valence-corrected chi connectivity index (χ0v) is 15.0. The van der Waals surface area contributed by atoms with Crippen LogP contribution >= 0.6 is 0 Å². The largest absolute Gasteiger partial charge is 0.446 e. The molecule has 130 valence electrons. The Morgan fingerprint density at radius 1 is 1.22 bits per heavy atom. The molecule has 0 fully saturated rings. The third-order valence-corrected chi connectivity index (χ3v) is 3.98. The molecular weight excluding hydrogens is 294 g/mol. The molecule has 1 rings (SSSR count). The zero-order valence-electron chi connectivity index (χ0n) is 15.0. The van der Waals surface area contributed by atoms with Crippen LogP contribution in [-0.2, 0) is 11.3 Å². The molecule has 2 atom stereocenters. The number of nitrogens with one attached hydrogen (secondary N) is 1. The van der Waals surface area contributed by atoms with Gasteiger partial charge in [-0.25, -0.2) is 4.98 Å². The lowest BCUT2D eigenvalue weighted by Crippen LogP contribution is -2.40. The summed E-state index contributed by atoms with van der Waals surface area (Å²) in [6.45, 7) is 12.0. The molecule has 0 saturated heterocycles.